The van der Waals surface area contributed by atoms with Gasteiger partial charge in [-0.2, -0.15) is 0 Å². The highest BCUT2D eigenvalue weighted by Crippen LogP contribution is 2.42. The molecule has 3 nitrogen and oxygen atoms in total. The largest absolute Gasteiger partial charge is 0.503 e. The summed E-state index contributed by atoms with van der Waals surface area (Å²) in [4.78, 5) is 14.1. The molecule has 0 bridgehead atoms. The van der Waals surface area contributed by atoms with Gasteiger partial charge in [0.2, 0.25) is 0 Å². The summed E-state index contributed by atoms with van der Waals surface area (Å²) in [7, 11) is -2.12. The maximum Gasteiger partial charge on any atom is 0.396 e. The summed E-state index contributed by atoms with van der Waals surface area (Å²) in [5.74, 6) is 0. The van der Waals surface area contributed by atoms with Crippen molar-refractivity contribution < 1.29 is 9.22 Å². The van der Waals surface area contributed by atoms with E-state index in [9.17, 15) is 4.79 Å². The Morgan fingerprint density at radius 1 is 1.16 bits per heavy atom. The van der Waals surface area contributed by atoms with E-state index >= 15 is 0 Å². The third-order valence-corrected chi connectivity index (χ3v) is 9.90. The van der Waals surface area contributed by atoms with Crippen molar-refractivity contribution in [3.63, 3.8) is 0 Å². The Balaban J connectivity index is 5.22. The Hall–Kier alpha value is -0.773. The van der Waals surface area contributed by atoms with Crippen LogP contribution < -0.4 is 0 Å². The number of carbonyl (C=O) groups is 1. The quantitative estimate of drug-likeness (QED) is 0.496. The molecule has 0 aromatic rings. The van der Waals surface area contributed by atoms with Crippen molar-refractivity contribution in [3.05, 3.63) is 12.7 Å². The molecule has 0 saturated carbocycles. The van der Waals surface area contributed by atoms with E-state index in [1.807, 2.05) is 6.92 Å². The number of rotatable bonds is 7. The topological polar surface area (TPSA) is 29.5 Å². The molecular formula is C15H31NO2Si. The predicted molar refractivity (Wildman–Crippen MR) is 85.0 cm³/mol. The summed E-state index contributed by atoms with van der Waals surface area (Å²) in [6.45, 7) is 20.0. The van der Waals surface area contributed by atoms with Crippen LogP contribution in [-0.4, -0.2) is 32.4 Å². The van der Waals surface area contributed by atoms with Gasteiger partial charge in [0, 0.05) is 13.1 Å². The zero-order valence-corrected chi connectivity index (χ0v) is 14.7. The summed E-state index contributed by atoms with van der Waals surface area (Å²) in [6.07, 6.45) is 1.57. The Labute approximate surface area is 120 Å². The van der Waals surface area contributed by atoms with Gasteiger partial charge in [0.1, 0.15) is 0 Å². The average Bonchev–Trinajstić information content (AvgIpc) is 2.31. The zero-order chi connectivity index (χ0) is 15.2. The van der Waals surface area contributed by atoms with E-state index in [-0.39, 0.29) is 6.09 Å². The molecule has 0 rings (SSSR count). The summed E-state index contributed by atoms with van der Waals surface area (Å²) in [5, 5.41) is 0. The molecule has 4 heteroatoms. The van der Waals surface area contributed by atoms with Gasteiger partial charge < -0.3 is 9.33 Å². The van der Waals surface area contributed by atoms with Gasteiger partial charge in [0.15, 0.2) is 0 Å². The van der Waals surface area contributed by atoms with E-state index < -0.39 is 8.32 Å². The molecule has 1 amide bonds. The average molecular weight is 286 g/mol. The lowest BCUT2D eigenvalue weighted by Crippen LogP contribution is -2.51. The normalized spacial score (nSPS) is 12.1. The summed E-state index contributed by atoms with van der Waals surface area (Å²) in [5.41, 5.74) is 1.25. The molecule has 0 aliphatic carbocycles. The van der Waals surface area contributed by atoms with E-state index in [2.05, 4.69) is 48.1 Å². The molecule has 0 aliphatic rings. The zero-order valence-electron chi connectivity index (χ0n) is 13.7. The van der Waals surface area contributed by atoms with Crippen LogP contribution in [0.5, 0.6) is 0 Å². The predicted octanol–water partition coefficient (Wildman–Crippen LogP) is 4.81. The Morgan fingerprint density at radius 3 is 1.84 bits per heavy atom. The molecule has 19 heavy (non-hydrogen) atoms. The van der Waals surface area contributed by atoms with Crippen molar-refractivity contribution in [2.45, 2.75) is 65.1 Å². The van der Waals surface area contributed by atoms with Crippen LogP contribution in [0, 0.1) is 0 Å². The van der Waals surface area contributed by atoms with Crippen molar-refractivity contribution in [3.8, 4) is 0 Å². The second-order valence-corrected chi connectivity index (χ2v) is 11.4. The van der Waals surface area contributed by atoms with Crippen LogP contribution in [0.4, 0.5) is 4.79 Å². The summed E-state index contributed by atoms with van der Waals surface area (Å²) in [6, 6.07) is 0. The number of hydrogen-bond donors (Lipinski definition) is 0. The third-order valence-electron chi connectivity index (χ3n) is 3.96. The molecular weight excluding hydrogens is 254 g/mol. The number of hydrogen-bond acceptors (Lipinski definition) is 2. The molecule has 0 aromatic carbocycles. The minimum Gasteiger partial charge on any atom is -0.503 e. The lowest BCUT2D eigenvalue weighted by atomic mass is 10.5. The van der Waals surface area contributed by atoms with Gasteiger partial charge in [-0.25, -0.2) is 4.79 Å². The highest BCUT2D eigenvalue weighted by atomic mass is 28.4. The monoisotopic (exact) mass is 285 g/mol. The Kier molecular flexibility index (Phi) is 7.41. The fraction of sp³-hybridized carbons (Fsp3) is 0.800. The van der Waals surface area contributed by atoms with E-state index in [1.165, 1.54) is 0 Å². The highest BCUT2D eigenvalue weighted by molar-refractivity contribution is 6.78. The Morgan fingerprint density at radius 2 is 1.58 bits per heavy atom. The van der Waals surface area contributed by atoms with Gasteiger partial charge in [0.05, 0.1) is 0 Å². The van der Waals surface area contributed by atoms with Gasteiger partial charge in [0.25, 0.3) is 8.32 Å². The highest BCUT2D eigenvalue weighted by Gasteiger charge is 2.48. The van der Waals surface area contributed by atoms with E-state index in [0.29, 0.717) is 29.7 Å². The fourth-order valence-corrected chi connectivity index (χ4v) is 8.20. The third kappa shape index (κ3) is 4.10. The van der Waals surface area contributed by atoms with Crippen LogP contribution in [-0.2, 0) is 4.43 Å². The molecule has 0 fully saturated rings. The van der Waals surface area contributed by atoms with Crippen molar-refractivity contribution in [2.24, 2.45) is 0 Å². The maximum atomic E-state index is 12.4. The van der Waals surface area contributed by atoms with Gasteiger partial charge in [-0.3, -0.25) is 0 Å². The SMILES string of the molecule is C=CCN(CC)C(=O)O[Si](C(C)C)(C(C)C)C(C)C. The van der Waals surface area contributed by atoms with Crippen LogP contribution in [0.2, 0.25) is 16.6 Å². The molecule has 0 unspecified atom stereocenters. The van der Waals surface area contributed by atoms with Crippen LogP contribution in [0.15, 0.2) is 12.7 Å². The standard InChI is InChI=1S/C15H31NO2Si/c1-9-11-16(10-2)15(17)18-19(12(3)4,13(5)6)14(7)8/h9,12-14H,1,10-11H2,2-8H3. The van der Waals surface area contributed by atoms with Crippen molar-refractivity contribution in [1.29, 1.82) is 0 Å². The molecule has 0 heterocycles. The number of likely N-dealkylation sites (N-methyl/N-ethyl adjacent to an activating group) is 1. The number of amides is 1. The summed E-state index contributed by atoms with van der Waals surface area (Å²) < 4.78 is 6.11. The van der Waals surface area contributed by atoms with Gasteiger partial charge >= 0.3 is 6.09 Å². The van der Waals surface area contributed by atoms with Crippen LogP contribution in [0.25, 0.3) is 0 Å². The molecule has 0 aromatic heterocycles. The minimum atomic E-state index is -2.12. The first-order valence-electron chi connectivity index (χ1n) is 7.32. The first-order chi connectivity index (χ1) is 8.73. The lowest BCUT2D eigenvalue weighted by molar-refractivity contribution is 0.152. The molecule has 0 N–H and O–H groups in total. The summed E-state index contributed by atoms with van der Waals surface area (Å²) >= 11 is 0. The van der Waals surface area contributed by atoms with E-state index in [0.717, 1.165) is 0 Å². The molecule has 0 atom stereocenters. The van der Waals surface area contributed by atoms with Gasteiger partial charge in [-0.05, 0) is 23.5 Å². The van der Waals surface area contributed by atoms with E-state index in [1.54, 1.807) is 11.0 Å². The minimum absolute atomic E-state index is 0.176. The van der Waals surface area contributed by atoms with Gasteiger partial charge in [-0.15, -0.1) is 6.58 Å². The van der Waals surface area contributed by atoms with Crippen molar-refractivity contribution >= 4 is 14.4 Å². The molecule has 112 valence electrons. The maximum absolute atomic E-state index is 12.4. The molecule has 0 aliphatic heterocycles. The van der Waals surface area contributed by atoms with Crippen LogP contribution in [0.3, 0.4) is 0 Å². The first kappa shape index (κ1) is 18.2. The number of nitrogens with zero attached hydrogens (tertiary/aromatic N) is 1. The first-order valence-corrected chi connectivity index (χ1v) is 9.46. The fourth-order valence-electron chi connectivity index (χ4n) is 3.06. The second kappa shape index (κ2) is 7.73. The van der Waals surface area contributed by atoms with Crippen molar-refractivity contribution in [2.75, 3.05) is 13.1 Å². The van der Waals surface area contributed by atoms with Crippen molar-refractivity contribution in [1.82, 2.24) is 4.90 Å². The number of carbonyl (C=O) groups excluding carboxylic acids is 1. The molecule has 0 radical (unpaired) electrons. The molecule has 0 spiro atoms. The Bertz CT molecular complexity index is 279. The molecule has 0 saturated heterocycles. The van der Waals surface area contributed by atoms with E-state index in [4.69, 9.17) is 4.43 Å². The van der Waals surface area contributed by atoms with Crippen LogP contribution >= 0.6 is 0 Å². The lowest BCUT2D eigenvalue weighted by Gasteiger charge is -2.42. The smallest absolute Gasteiger partial charge is 0.396 e. The van der Waals surface area contributed by atoms with Gasteiger partial charge in [-0.1, -0.05) is 47.6 Å². The second-order valence-electron chi connectivity index (χ2n) is 6.01. The van der Waals surface area contributed by atoms with Crippen LogP contribution in [0.1, 0.15) is 48.5 Å².